The molecule has 0 spiro atoms. The number of carboxylic acids is 1. The summed E-state index contributed by atoms with van der Waals surface area (Å²) in [6, 6.07) is 1.51. The Kier molecular flexibility index (Phi) is 3.83. The molecule has 1 fully saturated rings. The first kappa shape index (κ1) is 11.9. The Balaban J connectivity index is 2.12. The molecule has 2 rings (SSSR count). The van der Waals surface area contributed by atoms with Crippen LogP contribution in [0.4, 0.5) is 0 Å². The lowest BCUT2D eigenvalue weighted by Gasteiger charge is -2.28. The van der Waals surface area contributed by atoms with Gasteiger partial charge in [0, 0.05) is 16.9 Å². The van der Waals surface area contributed by atoms with E-state index in [0.29, 0.717) is 6.42 Å². The Morgan fingerprint density at radius 1 is 1.62 bits per heavy atom. The quantitative estimate of drug-likeness (QED) is 0.875. The van der Waals surface area contributed by atoms with Crippen molar-refractivity contribution in [3.8, 4) is 0 Å². The van der Waals surface area contributed by atoms with Gasteiger partial charge in [0.1, 0.15) is 6.04 Å². The van der Waals surface area contributed by atoms with E-state index >= 15 is 0 Å². The summed E-state index contributed by atoms with van der Waals surface area (Å²) in [5.74, 6) is 0.0643. The van der Waals surface area contributed by atoms with Gasteiger partial charge in [0.15, 0.2) is 0 Å². The predicted molar refractivity (Wildman–Crippen MR) is 66.3 cm³/mol. The number of hydrogen-bond donors (Lipinski definition) is 2. The largest absolute Gasteiger partial charge is 0.480 e. The Morgan fingerprint density at radius 2 is 2.44 bits per heavy atom. The maximum Gasteiger partial charge on any atom is 0.320 e. The lowest BCUT2D eigenvalue weighted by molar-refractivity contribution is -0.139. The Labute approximate surface area is 106 Å². The minimum Gasteiger partial charge on any atom is -0.480 e. The summed E-state index contributed by atoms with van der Waals surface area (Å²) in [7, 11) is 0. The second kappa shape index (κ2) is 5.16. The Hall–Kier alpha value is -0.590. The van der Waals surface area contributed by atoms with E-state index in [1.54, 1.807) is 24.2 Å². The second-order valence-corrected chi connectivity index (χ2v) is 5.66. The van der Waals surface area contributed by atoms with Crippen molar-refractivity contribution in [2.75, 3.05) is 5.75 Å². The van der Waals surface area contributed by atoms with Gasteiger partial charge in [0.25, 0.3) is 0 Å². The first-order valence-electron chi connectivity index (χ1n) is 4.88. The molecule has 2 N–H and O–H groups in total. The van der Waals surface area contributed by atoms with E-state index in [2.05, 4.69) is 26.2 Å². The smallest absolute Gasteiger partial charge is 0.320 e. The zero-order valence-corrected chi connectivity index (χ0v) is 10.8. The lowest BCUT2D eigenvalue weighted by Crippen LogP contribution is -2.41. The van der Waals surface area contributed by atoms with Crippen molar-refractivity contribution in [2.24, 2.45) is 0 Å². The lowest BCUT2D eigenvalue weighted by atomic mass is 10.2. The molecule has 1 aromatic rings. The van der Waals surface area contributed by atoms with E-state index in [0.717, 1.165) is 15.8 Å². The van der Waals surface area contributed by atoms with Crippen molar-refractivity contribution >= 4 is 33.7 Å². The van der Waals surface area contributed by atoms with Crippen LogP contribution in [0.1, 0.15) is 17.4 Å². The molecule has 1 aliphatic rings. The van der Waals surface area contributed by atoms with Crippen molar-refractivity contribution in [1.82, 2.24) is 10.3 Å². The van der Waals surface area contributed by atoms with Crippen LogP contribution >= 0.6 is 27.7 Å². The van der Waals surface area contributed by atoms with Crippen LogP contribution in [0.15, 0.2) is 22.9 Å². The maximum absolute atomic E-state index is 10.9. The van der Waals surface area contributed by atoms with Gasteiger partial charge in [-0.2, -0.15) is 0 Å². The molecule has 86 valence electrons. The first-order valence-corrected chi connectivity index (χ1v) is 6.72. The van der Waals surface area contributed by atoms with Crippen LogP contribution in [0.2, 0.25) is 0 Å². The van der Waals surface area contributed by atoms with E-state index in [9.17, 15) is 4.79 Å². The summed E-state index contributed by atoms with van der Waals surface area (Å²) >= 11 is 5.07. The van der Waals surface area contributed by atoms with Crippen molar-refractivity contribution < 1.29 is 9.90 Å². The number of nitrogens with zero attached hydrogens (tertiary/aromatic N) is 1. The maximum atomic E-state index is 10.9. The number of aliphatic carboxylic acids is 1. The van der Waals surface area contributed by atoms with Gasteiger partial charge in [-0.15, -0.1) is 11.8 Å². The molecule has 2 unspecified atom stereocenters. The molecule has 1 aromatic heterocycles. The number of pyridine rings is 1. The second-order valence-electron chi connectivity index (χ2n) is 3.53. The van der Waals surface area contributed by atoms with Gasteiger partial charge in [-0.05, 0) is 39.7 Å². The molecular formula is C10H11BrN2O2S. The highest BCUT2D eigenvalue weighted by atomic mass is 79.9. The molecule has 0 saturated carbocycles. The highest BCUT2D eigenvalue weighted by Crippen LogP contribution is 2.32. The Morgan fingerprint density at radius 3 is 3.12 bits per heavy atom. The minimum atomic E-state index is -0.784. The van der Waals surface area contributed by atoms with E-state index in [-0.39, 0.29) is 5.37 Å². The highest BCUT2D eigenvalue weighted by Gasteiger charge is 2.27. The molecule has 1 aliphatic heterocycles. The molecule has 0 radical (unpaired) electrons. The fourth-order valence-corrected chi connectivity index (χ4v) is 3.15. The highest BCUT2D eigenvalue weighted by molar-refractivity contribution is 9.10. The summed E-state index contributed by atoms with van der Waals surface area (Å²) in [6.45, 7) is 0. The monoisotopic (exact) mass is 302 g/mol. The third-order valence-corrected chi connectivity index (χ3v) is 4.02. The summed E-state index contributed by atoms with van der Waals surface area (Å²) in [5.41, 5.74) is 1.00. The SMILES string of the molecule is O=C(O)C1CCSC(c2cncc(Br)c2)N1. The number of carbonyl (C=O) groups is 1. The van der Waals surface area contributed by atoms with Crippen LogP contribution in [0.3, 0.4) is 0 Å². The normalized spacial score (nSPS) is 25.3. The van der Waals surface area contributed by atoms with Gasteiger partial charge in [-0.1, -0.05) is 0 Å². The number of hydrogen-bond acceptors (Lipinski definition) is 4. The van der Waals surface area contributed by atoms with Gasteiger partial charge < -0.3 is 5.11 Å². The molecule has 0 bridgehead atoms. The zero-order valence-electron chi connectivity index (χ0n) is 8.39. The number of rotatable bonds is 2. The number of nitrogens with one attached hydrogen (secondary N) is 1. The predicted octanol–water partition coefficient (Wildman–Crippen LogP) is 2.02. The Bertz CT molecular complexity index is 402. The molecule has 2 atom stereocenters. The van der Waals surface area contributed by atoms with Gasteiger partial charge in [-0.3, -0.25) is 15.1 Å². The summed E-state index contributed by atoms with van der Waals surface area (Å²) in [5, 5.41) is 12.1. The van der Waals surface area contributed by atoms with E-state index in [4.69, 9.17) is 5.11 Å². The number of halogens is 1. The summed E-state index contributed by atoms with van der Waals surface area (Å²) in [6.07, 6.45) is 4.14. The molecule has 16 heavy (non-hydrogen) atoms. The van der Waals surface area contributed by atoms with Crippen LogP contribution < -0.4 is 5.32 Å². The summed E-state index contributed by atoms with van der Waals surface area (Å²) < 4.78 is 0.907. The molecule has 0 amide bonds. The number of thioether (sulfide) groups is 1. The van der Waals surface area contributed by atoms with Crippen LogP contribution in [-0.2, 0) is 4.79 Å². The molecule has 0 aliphatic carbocycles. The zero-order chi connectivity index (χ0) is 11.5. The van der Waals surface area contributed by atoms with Crippen molar-refractivity contribution in [3.63, 3.8) is 0 Å². The van der Waals surface area contributed by atoms with Crippen molar-refractivity contribution in [3.05, 3.63) is 28.5 Å². The standard InChI is InChI=1S/C10H11BrN2O2S/c11-7-3-6(4-12-5-7)9-13-8(10(14)15)1-2-16-9/h3-5,8-9,13H,1-2H2,(H,14,15). The van der Waals surface area contributed by atoms with E-state index < -0.39 is 12.0 Å². The summed E-state index contributed by atoms with van der Waals surface area (Å²) in [4.78, 5) is 15.0. The molecular weight excluding hydrogens is 292 g/mol. The number of carboxylic acid groups (broad SMARTS) is 1. The molecule has 0 aromatic carbocycles. The van der Waals surface area contributed by atoms with Crippen LogP contribution in [0.25, 0.3) is 0 Å². The van der Waals surface area contributed by atoms with Crippen LogP contribution in [-0.4, -0.2) is 27.9 Å². The van der Waals surface area contributed by atoms with Crippen molar-refractivity contribution in [2.45, 2.75) is 17.8 Å². The third kappa shape index (κ3) is 2.75. The van der Waals surface area contributed by atoms with Gasteiger partial charge in [-0.25, -0.2) is 0 Å². The average Bonchev–Trinajstić information content (AvgIpc) is 2.29. The average molecular weight is 303 g/mol. The minimum absolute atomic E-state index is 0.0137. The molecule has 4 nitrogen and oxygen atoms in total. The molecule has 6 heteroatoms. The van der Waals surface area contributed by atoms with E-state index in [1.165, 1.54) is 0 Å². The fourth-order valence-electron chi connectivity index (χ4n) is 1.58. The van der Waals surface area contributed by atoms with Crippen LogP contribution in [0.5, 0.6) is 0 Å². The topological polar surface area (TPSA) is 62.2 Å². The van der Waals surface area contributed by atoms with Gasteiger partial charge in [0.2, 0.25) is 0 Å². The van der Waals surface area contributed by atoms with Gasteiger partial charge in [0.05, 0.1) is 5.37 Å². The van der Waals surface area contributed by atoms with Crippen molar-refractivity contribution in [1.29, 1.82) is 0 Å². The van der Waals surface area contributed by atoms with E-state index in [1.807, 2.05) is 6.07 Å². The van der Waals surface area contributed by atoms with Gasteiger partial charge >= 0.3 is 5.97 Å². The van der Waals surface area contributed by atoms with Crippen LogP contribution in [0, 0.1) is 0 Å². The molecule has 2 heterocycles. The third-order valence-electron chi connectivity index (χ3n) is 2.37. The fraction of sp³-hybridized carbons (Fsp3) is 0.400. The first-order chi connectivity index (χ1) is 7.66. The molecule has 1 saturated heterocycles. The number of aromatic nitrogens is 1.